The average molecular weight is 243 g/mol. The Balaban J connectivity index is 3.30. The zero-order valence-electron chi connectivity index (χ0n) is 9.62. The molecule has 0 spiro atoms. The van der Waals surface area contributed by atoms with E-state index in [1.54, 1.807) is 18.2 Å². The lowest BCUT2D eigenvalue weighted by Crippen LogP contribution is -1.93. The third kappa shape index (κ3) is 2.75. The number of hydrogen-bond acceptors (Lipinski definition) is 5. The Labute approximate surface area is 110 Å². The van der Waals surface area contributed by atoms with Crippen LogP contribution < -0.4 is 0 Å². The van der Waals surface area contributed by atoms with E-state index < -0.39 is 5.92 Å². The van der Waals surface area contributed by atoms with Gasteiger partial charge in [0.05, 0.1) is 17.7 Å². The number of rotatable bonds is 2. The Morgan fingerprint density at radius 3 is 1.68 bits per heavy atom. The molecule has 1 aromatic rings. The van der Waals surface area contributed by atoms with Crippen molar-refractivity contribution in [2.24, 2.45) is 0 Å². The van der Waals surface area contributed by atoms with E-state index in [9.17, 15) is 0 Å². The number of nitriles is 5. The summed E-state index contributed by atoms with van der Waals surface area (Å²) in [6.07, 6.45) is 0. The molecule has 1 rings (SSSR count). The molecule has 0 atom stereocenters. The molecule has 0 radical (unpaired) electrons. The fourth-order valence-corrected chi connectivity index (χ4v) is 1.42. The molecule has 0 aromatic heterocycles. The smallest absolute Gasteiger partial charge is 0.158 e. The van der Waals surface area contributed by atoms with Crippen molar-refractivity contribution in [2.75, 3.05) is 0 Å². The van der Waals surface area contributed by atoms with Crippen LogP contribution in [0.1, 0.15) is 17.0 Å². The summed E-state index contributed by atoms with van der Waals surface area (Å²) in [6.45, 7) is 0. The van der Waals surface area contributed by atoms with E-state index in [2.05, 4.69) is 0 Å². The van der Waals surface area contributed by atoms with E-state index in [0.29, 0.717) is 11.1 Å². The SMILES string of the molecule is N#CC(C#N)=C(C#N)c1ccc(C(C#N)C#N)cc1. The molecule has 0 amide bonds. The number of nitrogens with zero attached hydrogens (tertiary/aromatic N) is 5. The van der Waals surface area contributed by atoms with Gasteiger partial charge in [-0.15, -0.1) is 0 Å². The molecule has 0 aliphatic heterocycles. The van der Waals surface area contributed by atoms with E-state index in [-0.39, 0.29) is 11.1 Å². The van der Waals surface area contributed by atoms with E-state index >= 15 is 0 Å². The maximum Gasteiger partial charge on any atom is 0.158 e. The fourth-order valence-electron chi connectivity index (χ4n) is 1.42. The van der Waals surface area contributed by atoms with Gasteiger partial charge in [-0.1, -0.05) is 24.3 Å². The molecule has 0 aliphatic rings. The van der Waals surface area contributed by atoms with Crippen LogP contribution in [-0.4, -0.2) is 0 Å². The Kier molecular flexibility index (Phi) is 4.41. The van der Waals surface area contributed by atoms with E-state index in [4.69, 9.17) is 26.3 Å². The van der Waals surface area contributed by atoms with Gasteiger partial charge in [0.1, 0.15) is 23.8 Å². The Bertz CT molecular complexity index is 691. The summed E-state index contributed by atoms with van der Waals surface area (Å²) in [5, 5.41) is 43.9. The molecule has 5 heteroatoms. The molecule has 0 aliphatic carbocycles. The van der Waals surface area contributed by atoms with Crippen LogP contribution in [0, 0.1) is 56.7 Å². The van der Waals surface area contributed by atoms with Gasteiger partial charge >= 0.3 is 0 Å². The summed E-state index contributed by atoms with van der Waals surface area (Å²) in [6, 6.07) is 14.8. The lowest BCUT2D eigenvalue weighted by atomic mass is 9.97. The maximum absolute atomic E-state index is 8.97. The van der Waals surface area contributed by atoms with Crippen LogP contribution in [-0.2, 0) is 0 Å². The van der Waals surface area contributed by atoms with Gasteiger partial charge in [0, 0.05) is 0 Å². The van der Waals surface area contributed by atoms with E-state index in [1.165, 1.54) is 24.3 Å². The second kappa shape index (κ2) is 6.22. The second-order valence-electron chi connectivity index (χ2n) is 3.40. The van der Waals surface area contributed by atoms with Gasteiger partial charge < -0.3 is 0 Å². The number of benzene rings is 1. The first-order chi connectivity index (χ1) is 9.21. The normalized spacial score (nSPS) is 8.21. The third-order valence-electron chi connectivity index (χ3n) is 2.38. The zero-order valence-corrected chi connectivity index (χ0v) is 9.62. The highest BCUT2D eigenvalue weighted by Gasteiger charge is 2.12. The molecular formula is C14H5N5. The highest BCUT2D eigenvalue weighted by molar-refractivity contribution is 5.84. The largest absolute Gasteiger partial charge is 0.196 e. The van der Waals surface area contributed by atoms with Crippen LogP contribution in [0.3, 0.4) is 0 Å². The van der Waals surface area contributed by atoms with Crippen molar-refractivity contribution in [3.05, 3.63) is 41.0 Å². The van der Waals surface area contributed by atoms with Gasteiger partial charge in [-0.2, -0.15) is 26.3 Å². The molecule has 0 bridgehead atoms. The van der Waals surface area contributed by atoms with Crippen molar-refractivity contribution in [1.29, 1.82) is 26.3 Å². The van der Waals surface area contributed by atoms with Crippen molar-refractivity contribution in [3.8, 4) is 30.3 Å². The van der Waals surface area contributed by atoms with Crippen molar-refractivity contribution >= 4 is 5.57 Å². The molecule has 0 fully saturated rings. The monoisotopic (exact) mass is 243 g/mol. The highest BCUT2D eigenvalue weighted by atomic mass is 14.3. The summed E-state index contributed by atoms with van der Waals surface area (Å²) >= 11 is 0. The first-order valence-corrected chi connectivity index (χ1v) is 5.06. The van der Waals surface area contributed by atoms with Crippen molar-refractivity contribution in [2.45, 2.75) is 5.92 Å². The molecule has 0 saturated carbocycles. The van der Waals surface area contributed by atoms with Crippen LogP contribution in [0.4, 0.5) is 0 Å². The summed E-state index contributed by atoms with van der Waals surface area (Å²) in [5.41, 5.74) is 0.606. The molecule has 86 valence electrons. The predicted molar refractivity (Wildman–Crippen MR) is 64.2 cm³/mol. The third-order valence-corrected chi connectivity index (χ3v) is 2.38. The van der Waals surface area contributed by atoms with Crippen molar-refractivity contribution in [3.63, 3.8) is 0 Å². The van der Waals surface area contributed by atoms with Crippen LogP contribution in [0.15, 0.2) is 29.8 Å². The topological polar surface area (TPSA) is 119 Å². The minimum Gasteiger partial charge on any atom is -0.196 e. The Hall–Kier alpha value is -3.59. The van der Waals surface area contributed by atoms with Gasteiger partial charge in [-0.05, 0) is 11.1 Å². The summed E-state index contributed by atoms with van der Waals surface area (Å²) in [7, 11) is 0. The first-order valence-electron chi connectivity index (χ1n) is 5.06. The van der Waals surface area contributed by atoms with Gasteiger partial charge in [-0.25, -0.2) is 0 Å². The minimum atomic E-state index is -0.880. The van der Waals surface area contributed by atoms with Crippen LogP contribution in [0.5, 0.6) is 0 Å². The van der Waals surface area contributed by atoms with Crippen molar-refractivity contribution < 1.29 is 0 Å². The molecule has 1 aromatic carbocycles. The van der Waals surface area contributed by atoms with Crippen molar-refractivity contribution in [1.82, 2.24) is 0 Å². The second-order valence-corrected chi connectivity index (χ2v) is 3.40. The summed E-state index contributed by atoms with van der Waals surface area (Å²) < 4.78 is 0. The van der Waals surface area contributed by atoms with Crippen LogP contribution in [0.2, 0.25) is 0 Å². The quantitative estimate of drug-likeness (QED) is 0.737. The average Bonchev–Trinajstić information content (AvgIpc) is 2.47. The number of allylic oxidation sites excluding steroid dienone is 2. The molecular weight excluding hydrogens is 238 g/mol. The lowest BCUT2D eigenvalue weighted by Gasteiger charge is -2.03. The highest BCUT2D eigenvalue weighted by Crippen LogP contribution is 2.21. The summed E-state index contributed by atoms with van der Waals surface area (Å²) in [5.74, 6) is -0.880. The van der Waals surface area contributed by atoms with Gasteiger partial charge in [0.15, 0.2) is 5.92 Å². The van der Waals surface area contributed by atoms with Crippen LogP contribution >= 0.6 is 0 Å². The molecule has 5 nitrogen and oxygen atoms in total. The Morgan fingerprint density at radius 2 is 1.32 bits per heavy atom. The molecule has 0 unspecified atom stereocenters. The summed E-state index contributed by atoms with van der Waals surface area (Å²) in [4.78, 5) is 0. The van der Waals surface area contributed by atoms with Gasteiger partial charge in [0.25, 0.3) is 0 Å². The standard InChI is InChI=1S/C14H5N5/c15-5-12(6-16)10-1-3-11(4-2-10)14(9-19)13(7-17)8-18/h1-4,12H. The molecule has 0 N–H and O–H groups in total. The maximum atomic E-state index is 8.97. The Morgan fingerprint density at radius 1 is 0.789 bits per heavy atom. The molecule has 0 saturated heterocycles. The number of hydrogen-bond donors (Lipinski definition) is 0. The van der Waals surface area contributed by atoms with E-state index in [1.807, 2.05) is 12.1 Å². The fraction of sp³-hybridized carbons (Fsp3) is 0.0714. The van der Waals surface area contributed by atoms with E-state index in [0.717, 1.165) is 0 Å². The van der Waals surface area contributed by atoms with Gasteiger partial charge in [-0.3, -0.25) is 0 Å². The molecule has 0 heterocycles. The first kappa shape index (κ1) is 13.5. The lowest BCUT2D eigenvalue weighted by molar-refractivity contribution is 1.10. The zero-order chi connectivity index (χ0) is 14.3. The predicted octanol–water partition coefficient (Wildman–Crippen LogP) is 2.14. The minimum absolute atomic E-state index is 0.0259. The van der Waals surface area contributed by atoms with Gasteiger partial charge in [0.2, 0.25) is 0 Å². The van der Waals surface area contributed by atoms with Crippen LogP contribution in [0.25, 0.3) is 5.57 Å². The molecule has 19 heavy (non-hydrogen) atoms.